The summed E-state index contributed by atoms with van der Waals surface area (Å²) < 4.78 is 25.7. The SMILES string of the molecule is O=[N+]([O-])c1cc(Br)c(F)cc1Oc1nsnc1Cl. The third kappa shape index (κ3) is 2.57. The minimum atomic E-state index is -0.701. The second-order valence-corrected chi connectivity index (χ2v) is 4.69. The smallest absolute Gasteiger partial charge is 0.312 e. The number of ether oxygens (including phenoxy) is 1. The zero-order chi connectivity index (χ0) is 13.3. The van der Waals surface area contributed by atoms with Crippen molar-refractivity contribution < 1.29 is 14.1 Å². The van der Waals surface area contributed by atoms with Crippen LogP contribution in [0.25, 0.3) is 0 Å². The highest BCUT2D eigenvalue weighted by Gasteiger charge is 2.21. The van der Waals surface area contributed by atoms with Crippen LogP contribution in [0.15, 0.2) is 16.6 Å². The molecule has 2 rings (SSSR count). The van der Waals surface area contributed by atoms with Crippen molar-refractivity contribution in [1.82, 2.24) is 8.75 Å². The van der Waals surface area contributed by atoms with Gasteiger partial charge >= 0.3 is 5.69 Å². The lowest BCUT2D eigenvalue weighted by Gasteiger charge is -2.04. The van der Waals surface area contributed by atoms with Crippen LogP contribution in [0.1, 0.15) is 0 Å². The maximum absolute atomic E-state index is 13.3. The number of nitro benzene ring substituents is 1. The van der Waals surface area contributed by atoms with Crippen molar-refractivity contribution in [3.05, 3.63) is 37.7 Å². The molecule has 0 N–H and O–H groups in total. The zero-order valence-corrected chi connectivity index (χ0v) is 11.4. The van der Waals surface area contributed by atoms with Gasteiger partial charge in [0, 0.05) is 12.1 Å². The molecule has 1 heterocycles. The van der Waals surface area contributed by atoms with Crippen LogP contribution in [0.2, 0.25) is 5.15 Å². The average molecular weight is 355 g/mol. The van der Waals surface area contributed by atoms with Crippen molar-refractivity contribution in [3.63, 3.8) is 0 Å². The highest BCUT2D eigenvalue weighted by Crippen LogP contribution is 2.36. The molecule has 0 radical (unpaired) electrons. The van der Waals surface area contributed by atoms with Gasteiger partial charge in [0.2, 0.25) is 10.9 Å². The summed E-state index contributed by atoms with van der Waals surface area (Å²) in [5.41, 5.74) is -0.410. The molecule has 0 atom stereocenters. The molecule has 0 fully saturated rings. The van der Waals surface area contributed by atoms with Crippen LogP contribution in [0, 0.1) is 15.9 Å². The summed E-state index contributed by atoms with van der Waals surface area (Å²) in [6.45, 7) is 0. The molecule has 0 aliphatic rings. The molecule has 0 saturated carbocycles. The number of hydrogen-bond donors (Lipinski definition) is 0. The van der Waals surface area contributed by atoms with Crippen molar-refractivity contribution in [3.8, 4) is 11.6 Å². The van der Waals surface area contributed by atoms with E-state index in [2.05, 4.69) is 24.7 Å². The lowest BCUT2D eigenvalue weighted by atomic mass is 10.3. The lowest BCUT2D eigenvalue weighted by molar-refractivity contribution is -0.385. The van der Waals surface area contributed by atoms with Gasteiger partial charge in [-0.25, -0.2) is 4.39 Å². The zero-order valence-electron chi connectivity index (χ0n) is 8.26. The first-order chi connectivity index (χ1) is 8.49. The van der Waals surface area contributed by atoms with Crippen LogP contribution in [-0.4, -0.2) is 13.7 Å². The summed E-state index contributed by atoms with van der Waals surface area (Å²) in [4.78, 5) is 10.1. The molecular weight excluding hydrogens is 353 g/mol. The summed E-state index contributed by atoms with van der Waals surface area (Å²) in [6, 6.07) is 1.87. The standard InChI is InChI=1S/C8H2BrClFN3O3S/c9-3-1-5(14(15)16)6(2-4(3)11)17-8-7(10)12-18-13-8/h1-2H. The van der Waals surface area contributed by atoms with Crippen LogP contribution in [-0.2, 0) is 0 Å². The number of nitrogens with zero attached hydrogens (tertiary/aromatic N) is 3. The Morgan fingerprint density at radius 3 is 2.78 bits per heavy atom. The molecule has 0 spiro atoms. The summed E-state index contributed by atoms with van der Waals surface area (Å²) in [7, 11) is 0. The molecule has 0 unspecified atom stereocenters. The third-order valence-electron chi connectivity index (χ3n) is 1.83. The van der Waals surface area contributed by atoms with Crippen molar-refractivity contribution in [2.75, 3.05) is 0 Å². The Hall–Kier alpha value is -1.32. The number of hydrogen-bond acceptors (Lipinski definition) is 6. The first kappa shape index (κ1) is 13.1. The molecule has 0 aliphatic heterocycles. The Morgan fingerprint density at radius 1 is 1.50 bits per heavy atom. The second kappa shape index (κ2) is 5.12. The molecule has 0 amide bonds. The minimum Gasteiger partial charge on any atom is -0.428 e. The van der Waals surface area contributed by atoms with Gasteiger partial charge in [-0.05, 0) is 15.9 Å². The van der Waals surface area contributed by atoms with E-state index in [0.29, 0.717) is 0 Å². The topological polar surface area (TPSA) is 78.2 Å². The Morgan fingerprint density at radius 2 is 2.22 bits per heavy atom. The number of nitro groups is 1. The first-order valence-electron chi connectivity index (χ1n) is 4.28. The Bertz CT molecular complexity index is 624. The van der Waals surface area contributed by atoms with Gasteiger partial charge in [0.05, 0.1) is 21.1 Å². The molecule has 6 nitrogen and oxygen atoms in total. The molecule has 0 saturated heterocycles. The molecule has 0 aliphatic carbocycles. The predicted molar refractivity (Wildman–Crippen MR) is 65.7 cm³/mol. The van der Waals surface area contributed by atoms with E-state index < -0.39 is 16.4 Å². The molecule has 94 valence electrons. The summed E-state index contributed by atoms with van der Waals surface area (Å²) in [6.07, 6.45) is 0. The maximum atomic E-state index is 13.3. The van der Waals surface area contributed by atoms with Gasteiger partial charge < -0.3 is 4.74 Å². The van der Waals surface area contributed by atoms with E-state index in [-0.39, 0.29) is 21.3 Å². The highest BCUT2D eigenvalue weighted by molar-refractivity contribution is 9.10. The van der Waals surface area contributed by atoms with Crippen molar-refractivity contribution in [1.29, 1.82) is 0 Å². The van der Waals surface area contributed by atoms with Gasteiger partial charge in [-0.15, -0.1) is 4.37 Å². The second-order valence-electron chi connectivity index (χ2n) is 2.95. The van der Waals surface area contributed by atoms with Gasteiger partial charge in [0.15, 0.2) is 0 Å². The Balaban J connectivity index is 2.46. The molecule has 1 aromatic heterocycles. The van der Waals surface area contributed by atoms with E-state index in [1.807, 2.05) is 0 Å². The fourth-order valence-corrected chi connectivity index (χ4v) is 2.02. The van der Waals surface area contributed by atoms with E-state index >= 15 is 0 Å². The molecule has 18 heavy (non-hydrogen) atoms. The minimum absolute atomic E-state index is 0.0379. The highest BCUT2D eigenvalue weighted by atomic mass is 79.9. The maximum Gasteiger partial charge on any atom is 0.312 e. The van der Waals surface area contributed by atoms with Crippen LogP contribution < -0.4 is 4.74 Å². The summed E-state index contributed by atoms with van der Waals surface area (Å²) in [5.74, 6) is -1.10. The van der Waals surface area contributed by atoms with Gasteiger partial charge in [0.25, 0.3) is 5.88 Å². The summed E-state index contributed by atoms with van der Waals surface area (Å²) >= 11 is 9.26. The van der Waals surface area contributed by atoms with Gasteiger partial charge in [-0.2, -0.15) is 4.37 Å². The largest absolute Gasteiger partial charge is 0.428 e. The van der Waals surface area contributed by atoms with E-state index in [0.717, 1.165) is 23.9 Å². The Kier molecular flexibility index (Phi) is 3.73. The Labute approximate surface area is 117 Å². The van der Waals surface area contributed by atoms with Crippen molar-refractivity contribution in [2.45, 2.75) is 0 Å². The first-order valence-corrected chi connectivity index (χ1v) is 6.18. The molecule has 1 aromatic carbocycles. The monoisotopic (exact) mass is 353 g/mol. The fourth-order valence-electron chi connectivity index (χ4n) is 1.08. The van der Waals surface area contributed by atoms with Gasteiger partial charge in [-0.3, -0.25) is 10.1 Å². The molecule has 2 aromatic rings. The molecule has 0 bridgehead atoms. The lowest BCUT2D eigenvalue weighted by Crippen LogP contribution is -1.95. The normalized spacial score (nSPS) is 10.4. The average Bonchev–Trinajstić information content (AvgIpc) is 2.69. The third-order valence-corrected chi connectivity index (χ3v) is 3.29. The fraction of sp³-hybridized carbons (Fsp3) is 0. The van der Waals surface area contributed by atoms with Gasteiger partial charge in [-0.1, -0.05) is 11.6 Å². The van der Waals surface area contributed by atoms with E-state index in [1.165, 1.54) is 0 Å². The van der Waals surface area contributed by atoms with Crippen LogP contribution in [0.3, 0.4) is 0 Å². The van der Waals surface area contributed by atoms with Gasteiger partial charge in [0.1, 0.15) is 5.82 Å². The molecule has 10 heteroatoms. The van der Waals surface area contributed by atoms with Crippen molar-refractivity contribution >= 4 is 44.9 Å². The summed E-state index contributed by atoms with van der Waals surface area (Å²) in [5, 5.41) is 10.8. The van der Waals surface area contributed by atoms with Crippen molar-refractivity contribution in [2.24, 2.45) is 0 Å². The van der Waals surface area contributed by atoms with E-state index in [1.54, 1.807) is 0 Å². The number of aromatic nitrogens is 2. The number of rotatable bonds is 3. The quantitative estimate of drug-likeness (QED) is 0.619. The van der Waals surface area contributed by atoms with E-state index in [4.69, 9.17) is 16.3 Å². The number of benzene rings is 1. The van der Waals surface area contributed by atoms with Crippen LogP contribution in [0.5, 0.6) is 11.6 Å². The predicted octanol–water partition coefficient (Wildman–Crippen LogP) is 3.79. The van der Waals surface area contributed by atoms with Crippen LogP contribution >= 0.6 is 39.3 Å². The van der Waals surface area contributed by atoms with Crippen LogP contribution in [0.4, 0.5) is 10.1 Å². The number of halogens is 3. The molecular formula is C8H2BrClFN3O3S. The van der Waals surface area contributed by atoms with E-state index in [9.17, 15) is 14.5 Å².